The van der Waals surface area contributed by atoms with Crippen LogP contribution in [0.15, 0.2) is 0 Å². The molecule has 0 spiro atoms. The predicted octanol–water partition coefficient (Wildman–Crippen LogP) is 3.99. The largest absolute Gasteiger partial charge is 0.0859 e. The Bertz CT molecular complexity index is 97.8. The highest BCUT2D eigenvalue weighted by atomic mass is 79.9. The van der Waals surface area contributed by atoms with Crippen LogP contribution in [0.3, 0.4) is 0 Å². The van der Waals surface area contributed by atoms with E-state index < -0.39 is 0 Å². The second kappa shape index (κ2) is 3.25. The van der Waals surface area contributed by atoms with Crippen LogP contribution < -0.4 is 0 Å². The number of rotatable bonds is 3. The van der Waals surface area contributed by atoms with E-state index in [9.17, 15) is 0 Å². The Balaban J connectivity index is 3.89. The first-order chi connectivity index (χ1) is 4.27. The van der Waals surface area contributed by atoms with Gasteiger partial charge in [-0.2, -0.15) is 0 Å². The molecule has 0 bridgehead atoms. The van der Waals surface area contributed by atoms with Crippen LogP contribution in [0.1, 0.15) is 47.5 Å². The van der Waals surface area contributed by atoms with Crippen molar-refractivity contribution in [1.29, 1.82) is 0 Å². The highest BCUT2D eigenvalue weighted by molar-refractivity contribution is 9.10. The van der Waals surface area contributed by atoms with Gasteiger partial charge in [0, 0.05) is 4.32 Å². The van der Waals surface area contributed by atoms with E-state index in [1.807, 2.05) is 0 Å². The Kier molecular flexibility index (Phi) is 3.41. The Morgan fingerprint density at radius 2 is 1.50 bits per heavy atom. The average molecular weight is 207 g/mol. The summed E-state index contributed by atoms with van der Waals surface area (Å²) in [7, 11) is 0. The standard InChI is InChI=1S/C9H19Br/c1-6-8(2,3)7-9(4,5)10/h6-7H2,1-5H3. The minimum absolute atomic E-state index is 0.298. The van der Waals surface area contributed by atoms with E-state index in [2.05, 4.69) is 50.5 Å². The molecule has 0 amide bonds. The van der Waals surface area contributed by atoms with Gasteiger partial charge in [0.2, 0.25) is 0 Å². The van der Waals surface area contributed by atoms with Gasteiger partial charge in [-0.3, -0.25) is 0 Å². The molecule has 1 heteroatoms. The SMILES string of the molecule is CCC(C)(C)CC(C)(C)Br. The molecule has 0 aromatic carbocycles. The van der Waals surface area contributed by atoms with Crippen molar-refractivity contribution >= 4 is 15.9 Å². The van der Waals surface area contributed by atoms with Gasteiger partial charge in [-0.15, -0.1) is 0 Å². The summed E-state index contributed by atoms with van der Waals surface area (Å²) in [5.74, 6) is 0. The first-order valence-corrected chi connectivity index (χ1v) is 4.75. The molecular formula is C9H19Br. The summed E-state index contributed by atoms with van der Waals surface area (Å²) in [4.78, 5) is 0. The third-order valence-corrected chi connectivity index (χ3v) is 2.14. The van der Waals surface area contributed by atoms with E-state index in [1.54, 1.807) is 0 Å². The molecule has 0 N–H and O–H groups in total. The molecule has 0 aliphatic rings. The van der Waals surface area contributed by atoms with Crippen molar-refractivity contribution in [1.82, 2.24) is 0 Å². The van der Waals surface area contributed by atoms with Crippen molar-refractivity contribution in [3.8, 4) is 0 Å². The van der Waals surface area contributed by atoms with Gasteiger partial charge in [-0.1, -0.05) is 57.0 Å². The average Bonchev–Trinajstić information content (AvgIpc) is 1.60. The summed E-state index contributed by atoms with van der Waals surface area (Å²) in [5.41, 5.74) is 0.479. The zero-order valence-electron chi connectivity index (χ0n) is 7.79. The molecule has 0 aromatic rings. The lowest BCUT2D eigenvalue weighted by Gasteiger charge is -2.29. The van der Waals surface area contributed by atoms with E-state index in [1.165, 1.54) is 12.8 Å². The Morgan fingerprint density at radius 1 is 1.10 bits per heavy atom. The quantitative estimate of drug-likeness (QED) is 0.614. The minimum Gasteiger partial charge on any atom is -0.0859 e. The van der Waals surface area contributed by atoms with Gasteiger partial charge in [0.05, 0.1) is 0 Å². The van der Waals surface area contributed by atoms with E-state index in [0.717, 1.165) is 0 Å². The zero-order chi connectivity index (χ0) is 8.41. The second-order valence-corrected chi connectivity index (χ2v) is 6.56. The van der Waals surface area contributed by atoms with Crippen molar-refractivity contribution in [2.45, 2.75) is 51.8 Å². The van der Waals surface area contributed by atoms with Gasteiger partial charge in [0.25, 0.3) is 0 Å². The van der Waals surface area contributed by atoms with E-state index in [-0.39, 0.29) is 0 Å². The fourth-order valence-electron chi connectivity index (χ4n) is 1.26. The maximum Gasteiger partial charge on any atom is 0.0206 e. The van der Waals surface area contributed by atoms with Gasteiger partial charge in [-0.25, -0.2) is 0 Å². The first kappa shape index (κ1) is 10.5. The number of hydrogen-bond acceptors (Lipinski definition) is 0. The monoisotopic (exact) mass is 206 g/mol. The molecule has 0 aliphatic heterocycles. The van der Waals surface area contributed by atoms with Crippen molar-refractivity contribution in [3.05, 3.63) is 0 Å². The van der Waals surface area contributed by atoms with Gasteiger partial charge in [0.15, 0.2) is 0 Å². The van der Waals surface area contributed by atoms with Crippen LogP contribution in [-0.4, -0.2) is 4.32 Å². The minimum atomic E-state index is 0.298. The number of alkyl halides is 1. The molecule has 0 saturated carbocycles. The summed E-state index contributed by atoms with van der Waals surface area (Å²) < 4.78 is 0.298. The van der Waals surface area contributed by atoms with Gasteiger partial charge in [0.1, 0.15) is 0 Å². The molecule has 10 heavy (non-hydrogen) atoms. The van der Waals surface area contributed by atoms with Crippen molar-refractivity contribution in [2.75, 3.05) is 0 Å². The number of hydrogen-bond donors (Lipinski definition) is 0. The highest BCUT2D eigenvalue weighted by Gasteiger charge is 2.24. The molecule has 62 valence electrons. The summed E-state index contributed by atoms with van der Waals surface area (Å²) in [6.45, 7) is 11.3. The maximum absolute atomic E-state index is 3.66. The van der Waals surface area contributed by atoms with Crippen molar-refractivity contribution in [2.24, 2.45) is 5.41 Å². The lowest BCUT2D eigenvalue weighted by atomic mass is 9.82. The van der Waals surface area contributed by atoms with E-state index in [4.69, 9.17) is 0 Å². The van der Waals surface area contributed by atoms with Crippen LogP contribution in [0.5, 0.6) is 0 Å². The van der Waals surface area contributed by atoms with Crippen LogP contribution in [0.4, 0.5) is 0 Å². The van der Waals surface area contributed by atoms with Gasteiger partial charge < -0.3 is 0 Å². The fourth-order valence-corrected chi connectivity index (χ4v) is 2.02. The predicted molar refractivity (Wildman–Crippen MR) is 51.7 cm³/mol. The number of halogens is 1. The summed E-state index contributed by atoms with van der Waals surface area (Å²) in [6.07, 6.45) is 2.48. The Morgan fingerprint density at radius 3 is 1.60 bits per heavy atom. The highest BCUT2D eigenvalue weighted by Crippen LogP contribution is 2.35. The molecule has 0 atom stereocenters. The van der Waals surface area contributed by atoms with Crippen LogP contribution in [0.25, 0.3) is 0 Å². The Hall–Kier alpha value is 0.480. The molecule has 0 radical (unpaired) electrons. The van der Waals surface area contributed by atoms with Crippen LogP contribution in [-0.2, 0) is 0 Å². The molecule has 0 unspecified atom stereocenters. The maximum atomic E-state index is 3.66. The van der Waals surface area contributed by atoms with Crippen LogP contribution in [0, 0.1) is 5.41 Å². The third kappa shape index (κ3) is 5.28. The molecule has 0 saturated heterocycles. The van der Waals surface area contributed by atoms with E-state index in [0.29, 0.717) is 9.74 Å². The van der Waals surface area contributed by atoms with Gasteiger partial charge >= 0.3 is 0 Å². The summed E-state index contributed by atoms with van der Waals surface area (Å²) in [5, 5.41) is 0. The van der Waals surface area contributed by atoms with Gasteiger partial charge in [-0.05, 0) is 11.8 Å². The molecule has 0 heterocycles. The van der Waals surface area contributed by atoms with Crippen molar-refractivity contribution < 1.29 is 0 Å². The van der Waals surface area contributed by atoms with Crippen LogP contribution in [0.2, 0.25) is 0 Å². The molecule has 0 rings (SSSR count). The lowest BCUT2D eigenvalue weighted by molar-refractivity contribution is 0.295. The zero-order valence-corrected chi connectivity index (χ0v) is 9.38. The summed E-state index contributed by atoms with van der Waals surface area (Å²) >= 11 is 3.66. The molecule has 0 nitrogen and oxygen atoms in total. The third-order valence-electron chi connectivity index (χ3n) is 1.86. The molecule has 0 fully saturated rings. The first-order valence-electron chi connectivity index (χ1n) is 3.96. The fraction of sp³-hybridized carbons (Fsp3) is 1.00. The summed E-state index contributed by atoms with van der Waals surface area (Å²) in [6, 6.07) is 0. The Labute approximate surface area is 73.5 Å². The lowest BCUT2D eigenvalue weighted by Crippen LogP contribution is -2.22. The smallest absolute Gasteiger partial charge is 0.0206 e. The molecular weight excluding hydrogens is 188 g/mol. The topological polar surface area (TPSA) is 0 Å². The van der Waals surface area contributed by atoms with Crippen LogP contribution >= 0.6 is 15.9 Å². The molecule has 0 aromatic heterocycles. The molecule has 0 aliphatic carbocycles. The second-order valence-electron chi connectivity index (χ2n) is 4.41. The van der Waals surface area contributed by atoms with E-state index >= 15 is 0 Å². The normalized spacial score (nSPS) is 13.8. The van der Waals surface area contributed by atoms with Crippen molar-refractivity contribution in [3.63, 3.8) is 0 Å².